The molecule has 0 saturated heterocycles. The zero-order valence-corrected chi connectivity index (χ0v) is 14.1. The van der Waals surface area contributed by atoms with Crippen molar-refractivity contribution in [1.82, 2.24) is 10.3 Å². The first kappa shape index (κ1) is 17.6. The monoisotopic (exact) mass is 327 g/mol. The minimum atomic E-state index is -0.305. The van der Waals surface area contributed by atoms with Gasteiger partial charge in [-0.3, -0.25) is 14.6 Å². The number of hydrogen-bond acceptors (Lipinski definition) is 4. The fourth-order valence-electron chi connectivity index (χ4n) is 2.21. The van der Waals surface area contributed by atoms with Crippen LogP contribution in [-0.4, -0.2) is 37.1 Å². The number of rotatable bonds is 6. The Hall–Kier alpha value is -2.73. The Kier molecular flexibility index (Phi) is 6.03. The van der Waals surface area contributed by atoms with Gasteiger partial charge in [0, 0.05) is 31.7 Å². The Labute approximate surface area is 141 Å². The van der Waals surface area contributed by atoms with Crippen LogP contribution >= 0.6 is 0 Å². The molecule has 0 aliphatic rings. The lowest BCUT2D eigenvalue weighted by molar-refractivity contribution is 0.0936. The number of pyridine rings is 1. The highest BCUT2D eigenvalue weighted by atomic mass is 16.5. The average Bonchev–Trinajstić information content (AvgIpc) is 2.57. The van der Waals surface area contributed by atoms with Crippen LogP contribution in [0.5, 0.6) is 0 Å². The van der Waals surface area contributed by atoms with E-state index < -0.39 is 0 Å². The van der Waals surface area contributed by atoms with E-state index >= 15 is 0 Å². The molecule has 0 unspecified atom stereocenters. The minimum absolute atomic E-state index is 0.291. The molecule has 1 heterocycles. The third-order valence-corrected chi connectivity index (χ3v) is 3.48. The molecule has 0 atom stereocenters. The van der Waals surface area contributed by atoms with Gasteiger partial charge < -0.3 is 15.4 Å². The molecule has 0 spiro atoms. The molecule has 2 rings (SSSR count). The highest BCUT2D eigenvalue weighted by molar-refractivity contribution is 6.06. The summed E-state index contributed by atoms with van der Waals surface area (Å²) in [4.78, 5) is 28.4. The summed E-state index contributed by atoms with van der Waals surface area (Å²) in [6.45, 7) is 4.75. The van der Waals surface area contributed by atoms with E-state index in [1.807, 2.05) is 32.0 Å². The van der Waals surface area contributed by atoms with Gasteiger partial charge in [-0.25, -0.2) is 0 Å². The van der Waals surface area contributed by atoms with E-state index in [0.29, 0.717) is 24.3 Å². The second-order valence-corrected chi connectivity index (χ2v) is 5.48. The molecule has 2 aromatic rings. The predicted molar refractivity (Wildman–Crippen MR) is 92.3 cm³/mol. The maximum absolute atomic E-state index is 12.4. The number of aryl methyl sites for hydroxylation is 2. The van der Waals surface area contributed by atoms with Gasteiger partial charge in [-0.1, -0.05) is 17.7 Å². The lowest BCUT2D eigenvalue weighted by Crippen LogP contribution is -2.27. The third kappa shape index (κ3) is 4.63. The SMILES string of the molecule is COCCNC(=O)c1cncc(C(=O)Nc2ccc(C)cc2C)c1. The molecule has 2 amide bonds. The Morgan fingerprint density at radius 1 is 1.08 bits per heavy atom. The van der Waals surface area contributed by atoms with Gasteiger partial charge in [-0.15, -0.1) is 0 Å². The van der Waals surface area contributed by atoms with Crippen LogP contribution in [0, 0.1) is 13.8 Å². The Morgan fingerprint density at radius 2 is 1.79 bits per heavy atom. The molecule has 126 valence electrons. The molecule has 0 aliphatic carbocycles. The topological polar surface area (TPSA) is 80.3 Å². The van der Waals surface area contributed by atoms with Gasteiger partial charge in [0.15, 0.2) is 0 Å². The van der Waals surface area contributed by atoms with E-state index in [1.54, 1.807) is 7.11 Å². The highest BCUT2D eigenvalue weighted by Crippen LogP contribution is 2.17. The molecular formula is C18H21N3O3. The molecule has 0 aliphatic heterocycles. The van der Waals surface area contributed by atoms with Gasteiger partial charge >= 0.3 is 0 Å². The van der Waals surface area contributed by atoms with E-state index in [1.165, 1.54) is 18.5 Å². The number of carbonyl (C=O) groups excluding carboxylic acids is 2. The van der Waals surface area contributed by atoms with Crippen LogP contribution in [0.15, 0.2) is 36.7 Å². The highest BCUT2D eigenvalue weighted by Gasteiger charge is 2.12. The first-order valence-corrected chi connectivity index (χ1v) is 7.62. The molecule has 0 fully saturated rings. The van der Waals surface area contributed by atoms with Crippen molar-refractivity contribution < 1.29 is 14.3 Å². The molecule has 1 aromatic carbocycles. The number of methoxy groups -OCH3 is 1. The standard InChI is InChI=1S/C18H21N3O3/c1-12-4-5-16(13(2)8-12)21-18(23)15-9-14(10-19-11-15)17(22)20-6-7-24-3/h4-5,8-11H,6-7H2,1-3H3,(H,20,22)(H,21,23). The van der Waals surface area contributed by atoms with Gasteiger partial charge in [0.25, 0.3) is 11.8 Å². The molecule has 6 nitrogen and oxygen atoms in total. The van der Waals surface area contributed by atoms with Crippen LogP contribution in [0.25, 0.3) is 0 Å². The fourth-order valence-corrected chi connectivity index (χ4v) is 2.21. The smallest absolute Gasteiger partial charge is 0.257 e. The zero-order chi connectivity index (χ0) is 17.5. The van der Waals surface area contributed by atoms with E-state index in [9.17, 15) is 9.59 Å². The average molecular weight is 327 g/mol. The summed E-state index contributed by atoms with van der Waals surface area (Å²) in [5, 5.41) is 5.54. The number of nitrogens with one attached hydrogen (secondary N) is 2. The summed E-state index contributed by atoms with van der Waals surface area (Å²) in [5.74, 6) is -0.596. The number of benzene rings is 1. The van der Waals surface area contributed by atoms with Crippen LogP contribution in [0.1, 0.15) is 31.8 Å². The first-order chi connectivity index (χ1) is 11.5. The van der Waals surface area contributed by atoms with Crippen molar-refractivity contribution in [3.63, 3.8) is 0 Å². The fraction of sp³-hybridized carbons (Fsp3) is 0.278. The molecule has 0 bridgehead atoms. The summed E-state index contributed by atoms with van der Waals surface area (Å²) in [7, 11) is 1.56. The normalized spacial score (nSPS) is 10.3. The number of amides is 2. The van der Waals surface area contributed by atoms with Crippen LogP contribution < -0.4 is 10.6 Å². The van der Waals surface area contributed by atoms with E-state index in [2.05, 4.69) is 15.6 Å². The molecular weight excluding hydrogens is 306 g/mol. The van der Waals surface area contributed by atoms with Crippen LogP contribution in [0.2, 0.25) is 0 Å². The third-order valence-electron chi connectivity index (χ3n) is 3.48. The second kappa shape index (κ2) is 8.21. The number of carbonyl (C=O) groups is 2. The van der Waals surface area contributed by atoms with Gasteiger partial charge in [-0.05, 0) is 31.5 Å². The molecule has 2 N–H and O–H groups in total. The molecule has 0 radical (unpaired) electrons. The van der Waals surface area contributed by atoms with Crippen molar-refractivity contribution in [1.29, 1.82) is 0 Å². The van der Waals surface area contributed by atoms with Gasteiger partial charge in [0.1, 0.15) is 0 Å². The maximum Gasteiger partial charge on any atom is 0.257 e. The Bertz CT molecular complexity index is 744. The quantitative estimate of drug-likeness (QED) is 0.798. The zero-order valence-electron chi connectivity index (χ0n) is 14.1. The Balaban J connectivity index is 2.09. The molecule has 24 heavy (non-hydrogen) atoms. The lowest BCUT2D eigenvalue weighted by atomic mass is 10.1. The summed E-state index contributed by atoms with van der Waals surface area (Å²) in [6, 6.07) is 7.30. The minimum Gasteiger partial charge on any atom is -0.383 e. The summed E-state index contributed by atoms with van der Waals surface area (Å²) >= 11 is 0. The summed E-state index contributed by atoms with van der Waals surface area (Å²) in [5.41, 5.74) is 3.50. The molecule has 1 aromatic heterocycles. The van der Waals surface area contributed by atoms with Crippen molar-refractivity contribution in [2.24, 2.45) is 0 Å². The van der Waals surface area contributed by atoms with Crippen molar-refractivity contribution in [2.45, 2.75) is 13.8 Å². The van der Waals surface area contributed by atoms with Crippen LogP contribution in [0.4, 0.5) is 5.69 Å². The number of ether oxygens (including phenoxy) is 1. The predicted octanol–water partition coefficient (Wildman–Crippen LogP) is 2.33. The maximum atomic E-state index is 12.4. The second-order valence-electron chi connectivity index (χ2n) is 5.48. The lowest BCUT2D eigenvalue weighted by Gasteiger charge is -2.10. The van der Waals surface area contributed by atoms with Crippen molar-refractivity contribution in [3.05, 3.63) is 58.9 Å². The van der Waals surface area contributed by atoms with Gasteiger partial charge in [0.2, 0.25) is 0 Å². The number of hydrogen-bond donors (Lipinski definition) is 2. The largest absolute Gasteiger partial charge is 0.383 e. The van der Waals surface area contributed by atoms with Gasteiger partial charge in [0.05, 0.1) is 17.7 Å². The Morgan fingerprint density at radius 3 is 2.46 bits per heavy atom. The number of anilines is 1. The van der Waals surface area contributed by atoms with Crippen molar-refractivity contribution >= 4 is 17.5 Å². The molecule has 0 saturated carbocycles. The number of aromatic nitrogens is 1. The number of nitrogens with zero attached hydrogens (tertiary/aromatic N) is 1. The first-order valence-electron chi connectivity index (χ1n) is 7.62. The van der Waals surface area contributed by atoms with Gasteiger partial charge in [-0.2, -0.15) is 0 Å². The summed E-state index contributed by atoms with van der Waals surface area (Å²) in [6.07, 6.45) is 2.86. The van der Waals surface area contributed by atoms with E-state index in [0.717, 1.165) is 16.8 Å². The molecule has 6 heteroatoms. The van der Waals surface area contributed by atoms with Crippen LogP contribution in [0.3, 0.4) is 0 Å². The van der Waals surface area contributed by atoms with E-state index in [-0.39, 0.29) is 11.8 Å². The van der Waals surface area contributed by atoms with Crippen molar-refractivity contribution in [3.8, 4) is 0 Å². The van der Waals surface area contributed by atoms with Crippen molar-refractivity contribution in [2.75, 3.05) is 25.6 Å². The summed E-state index contributed by atoms with van der Waals surface area (Å²) < 4.78 is 4.88. The van der Waals surface area contributed by atoms with E-state index in [4.69, 9.17) is 4.74 Å². The van der Waals surface area contributed by atoms with Crippen LogP contribution in [-0.2, 0) is 4.74 Å².